The van der Waals surface area contributed by atoms with E-state index in [1.807, 2.05) is 0 Å². The van der Waals surface area contributed by atoms with Crippen molar-refractivity contribution in [1.29, 1.82) is 0 Å². The van der Waals surface area contributed by atoms with Gasteiger partial charge < -0.3 is 15.1 Å². The van der Waals surface area contributed by atoms with Gasteiger partial charge in [-0.2, -0.15) is 13.2 Å². The van der Waals surface area contributed by atoms with Crippen LogP contribution < -0.4 is 10.6 Å². The fourth-order valence-electron chi connectivity index (χ4n) is 1.99. The lowest BCUT2D eigenvalue weighted by Gasteiger charge is -2.15. The largest absolute Gasteiger partial charge is 0.472 e. The minimum atomic E-state index is -4.72. The van der Waals surface area contributed by atoms with Crippen molar-refractivity contribution in [2.75, 3.05) is 10.6 Å². The summed E-state index contributed by atoms with van der Waals surface area (Å²) in [6, 6.07) is 4.47. The second-order valence-corrected chi connectivity index (χ2v) is 5.10. The van der Waals surface area contributed by atoms with Gasteiger partial charge in [0.1, 0.15) is 6.26 Å². The van der Waals surface area contributed by atoms with Crippen molar-refractivity contribution >= 4 is 23.2 Å². The molecule has 0 spiro atoms. The third kappa shape index (κ3) is 5.10. The van der Waals surface area contributed by atoms with Crippen molar-refractivity contribution in [3.63, 3.8) is 0 Å². The SMILES string of the molecule is C/C=C\C=C\C(=O)Nc1ccc(NC(=O)c2ccoc2)cc1C(F)(F)F. The number of halogens is 3. The maximum atomic E-state index is 13.3. The van der Waals surface area contributed by atoms with E-state index in [-0.39, 0.29) is 11.3 Å². The highest BCUT2D eigenvalue weighted by Crippen LogP contribution is 2.36. The normalized spacial score (nSPS) is 11.8. The van der Waals surface area contributed by atoms with E-state index < -0.39 is 29.2 Å². The number of alkyl halides is 3. The molecular formula is C18H15F3N2O3. The number of carbonyl (C=O) groups excluding carboxylic acids is 2. The van der Waals surface area contributed by atoms with E-state index in [4.69, 9.17) is 4.42 Å². The molecule has 0 saturated heterocycles. The smallest absolute Gasteiger partial charge is 0.418 e. The standard InChI is InChI=1S/C18H15F3N2O3/c1-2-3-4-5-16(24)23-15-7-6-13(10-14(15)18(19,20)21)22-17(25)12-8-9-26-11-12/h2-11H,1H3,(H,22,25)(H,23,24)/b3-2-,5-4+. The highest BCUT2D eigenvalue weighted by Gasteiger charge is 2.34. The fourth-order valence-corrected chi connectivity index (χ4v) is 1.99. The molecule has 2 amide bonds. The van der Waals surface area contributed by atoms with Crippen molar-refractivity contribution in [1.82, 2.24) is 0 Å². The molecule has 136 valence electrons. The molecule has 1 aromatic heterocycles. The number of allylic oxidation sites excluding steroid dienone is 3. The molecule has 2 rings (SSSR count). The summed E-state index contributed by atoms with van der Waals surface area (Å²) in [5.41, 5.74) is -1.37. The monoisotopic (exact) mass is 364 g/mol. The van der Waals surface area contributed by atoms with E-state index in [0.29, 0.717) is 0 Å². The molecule has 5 nitrogen and oxygen atoms in total. The molecule has 0 unspecified atom stereocenters. The molecule has 2 N–H and O–H groups in total. The topological polar surface area (TPSA) is 71.3 Å². The first-order valence-corrected chi connectivity index (χ1v) is 7.46. The predicted octanol–water partition coefficient (Wildman–Crippen LogP) is 4.62. The van der Waals surface area contributed by atoms with Gasteiger partial charge in [-0.25, -0.2) is 0 Å². The van der Waals surface area contributed by atoms with Crippen LogP contribution in [0.4, 0.5) is 24.5 Å². The molecule has 8 heteroatoms. The van der Waals surface area contributed by atoms with Crippen LogP contribution in [0.15, 0.2) is 65.5 Å². The molecule has 0 atom stereocenters. The number of hydrogen-bond acceptors (Lipinski definition) is 3. The molecule has 2 aromatic rings. The number of hydrogen-bond donors (Lipinski definition) is 2. The summed E-state index contributed by atoms with van der Waals surface area (Å²) in [6.07, 6.45) is 3.48. The number of nitrogens with one attached hydrogen (secondary N) is 2. The van der Waals surface area contributed by atoms with Gasteiger partial charge in [-0.1, -0.05) is 18.2 Å². The van der Waals surface area contributed by atoms with E-state index in [9.17, 15) is 22.8 Å². The summed E-state index contributed by atoms with van der Waals surface area (Å²) >= 11 is 0. The zero-order valence-electron chi connectivity index (χ0n) is 13.6. The second-order valence-electron chi connectivity index (χ2n) is 5.10. The first-order chi connectivity index (χ1) is 12.3. The fraction of sp³-hybridized carbons (Fsp3) is 0.111. The van der Waals surface area contributed by atoms with E-state index in [1.165, 1.54) is 30.7 Å². The van der Waals surface area contributed by atoms with Crippen molar-refractivity contribution in [2.45, 2.75) is 13.1 Å². The van der Waals surface area contributed by atoms with Crippen molar-refractivity contribution in [3.05, 3.63) is 72.2 Å². The molecule has 1 heterocycles. The van der Waals surface area contributed by atoms with Gasteiger partial charge in [0.25, 0.3) is 5.91 Å². The lowest BCUT2D eigenvalue weighted by Crippen LogP contribution is -2.16. The van der Waals surface area contributed by atoms with Crippen molar-refractivity contribution in [3.8, 4) is 0 Å². The van der Waals surface area contributed by atoms with Gasteiger partial charge in [0.2, 0.25) is 5.91 Å². The lowest BCUT2D eigenvalue weighted by molar-refractivity contribution is -0.136. The van der Waals surface area contributed by atoms with Crippen LogP contribution in [0.25, 0.3) is 0 Å². The Bertz CT molecular complexity index is 838. The van der Waals surface area contributed by atoms with Crippen LogP contribution in [0.5, 0.6) is 0 Å². The molecule has 0 bridgehead atoms. The van der Waals surface area contributed by atoms with Crippen molar-refractivity contribution in [2.24, 2.45) is 0 Å². The predicted molar refractivity (Wildman–Crippen MR) is 90.7 cm³/mol. The highest BCUT2D eigenvalue weighted by atomic mass is 19.4. The zero-order valence-corrected chi connectivity index (χ0v) is 13.6. The van der Waals surface area contributed by atoms with Crippen LogP contribution in [-0.4, -0.2) is 11.8 Å². The molecule has 0 aliphatic rings. The van der Waals surface area contributed by atoms with Crippen LogP contribution in [0.3, 0.4) is 0 Å². The van der Waals surface area contributed by atoms with Gasteiger partial charge in [0.05, 0.1) is 23.1 Å². The summed E-state index contributed by atoms with van der Waals surface area (Å²) < 4.78 is 44.6. The molecule has 26 heavy (non-hydrogen) atoms. The molecule has 0 radical (unpaired) electrons. The maximum Gasteiger partial charge on any atom is 0.418 e. The minimum absolute atomic E-state index is 0.0639. The summed E-state index contributed by atoms with van der Waals surface area (Å²) in [6.45, 7) is 1.74. The highest BCUT2D eigenvalue weighted by molar-refractivity contribution is 6.04. The Kier molecular flexibility index (Phi) is 6.00. The van der Waals surface area contributed by atoms with E-state index in [2.05, 4.69) is 10.6 Å². The van der Waals surface area contributed by atoms with E-state index >= 15 is 0 Å². The van der Waals surface area contributed by atoms with Crippen molar-refractivity contribution < 1.29 is 27.2 Å². The van der Waals surface area contributed by atoms with Gasteiger partial charge in [-0.15, -0.1) is 0 Å². The number of carbonyl (C=O) groups is 2. The number of rotatable bonds is 5. The maximum absolute atomic E-state index is 13.3. The zero-order chi connectivity index (χ0) is 19.2. The number of amides is 2. The number of anilines is 2. The van der Waals surface area contributed by atoms with Gasteiger partial charge in [-0.3, -0.25) is 9.59 Å². The number of furan rings is 1. The molecule has 0 fully saturated rings. The second kappa shape index (κ2) is 8.19. The molecular weight excluding hydrogens is 349 g/mol. The third-order valence-electron chi connectivity index (χ3n) is 3.18. The Morgan fingerprint density at radius 3 is 2.50 bits per heavy atom. The first-order valence-electron chi connectivity index (χ1n) is 7.46. The van der Waals surface area contributed by atoms with Crippen LogP contribution in [0.1, 0.15) is 22.8 Å². The Balaban J connectivity index is 2.24. The van der Waals surface area contributed by atoms with E-state index in [1.54, 1.807) is 19.1 Å². The van der Waals surface area contributed by atoms with Gasteiger partial charge in [-0.05, 0) is 31.2 Å². The number of benzene rings is 1. The van der Waals surface area contributed by atoms with Crippen LogP contribution in [0, 0.1) is 0 Å². The van der Waals surface area contributed by atoms with Gasteiger partial charge >= 0.3 is 6.18 Å². The van der Waals surface area contributed by atoms with Gasteiger partial charge in [0.15, 0.2) is 0 Å². The summed E-state index contributed by atoms with van der Waals surface area (Å²) in [5.74, 6) is -1.32. The quantitative estimate of drug-likeness (QED) is 0.601. The molecule has 0 aliphatic heterocycles. The first kappa shape index (κ1) is 19.0. The van der Waals surface area contributed by atoms with Crippen LogP contribution in [0.2, 0.25) is 0 Å². The minimum Gasteiger partial charge on any atom is -0.472 e. The Morgan fingerprint density at radius 2 is 1.88 bits per heavy atom. The average molecular weight is 364 g/mol. The Morgan fingerprint density at radius 1 is 1.12 bits per heavy atom. The molecule has 0 saturated carbocycles. The summed E-state index contributed by atoms with van der Waals surface area (Å²) in [7, 11) is 0. The molecule has 0 aliphatic carbocycles. The van der Waals surface area contributed by atoms with E-state index in [0.717, 1.165) is 18.2 Å². The average Bonchev–Trinajstić information content (AvgIpc) is 3.10. The lowest BCUT2D eigenvalue weighted by atomic mass is 10.1. The Hall–Kier alpha value is -3.29. The van der Waals surface area contributed by atoms with Crippen LogP contribution in [-0.2, 0) is 11.0 Å². The summed E-state index contributed by atoms with van der Waals surface area (Å²) in [5, 5.41) is 4.52. The third-order valence-corrected chi connectivity index (χ3v) is 3.18. The van der Waals surface area contributed by atoms with Gasteiger partial charge in [0, 0.05) is 11.8 Å². The van der Waals surface area contributed by atoms with Crippen LogP contribution >= 0.6 is 0 Å². The molecule has 1 aromatic carbocycles. The Labute approximate surface area is 147 Å². The summed E-state index contributed by atoms with van der Waals surface area (Å²) in [4.78, 5) is 23.6.